The number of hydrogen-bond donors (Lipinski definition) is 0. The fraction of sp³-hybridized carbons (Fsp3) is 0.176. The second-order valence-corrected chi connectivity index (χ2v) is 6.67. The molecule has 0 saturated heterocycles. The Bertz CT molecular complexity index is 748. The first-order valence-corrected chi connectivity index (χ1v) is 8.24. The molecule has 1 unspecified atom stereocenters. The Hall–Kier alpha value is -1.32. The van der Waals surface area contributed by atoms with E-state index >= 15 is 0 Å². The second-order valence-electron chi connectivity index (χ2n) is 4.80. The molecule has 1 aromatic heterocycles. The summed E-state index contributed by atoms with van der Waals surface area (Å²) in [6, 6.07) is 14.9. The van der Waals surface area contributed by atoms with Gasteiger partial charge in [-0.1, -0.05) is 34.1 Å². The Labute approximate surface area is 131 Å². The number of fused-ring (bicyclic) bond motifs is 1. The van der Waals surface area contributed by atoms with E-state index in [-0.39, 0.29) is 4.83 Å². The van der Waals surface area contributed by atoms with Gasteiger partial charge in [0.25, 0.3) is 0 Å². The summed E-state index contributed by atoms with van der Waals surface area (Å²) in [5.41, 5.74) is 2.62. The standard InChI is InChI=1S/C17H15BrOS/c1-11-7-8-20-17(11)16(18)14-4-3-13-10-15(19-2)6-5-12(13)9-14/h3-10,16H,1-2H3. The molecule has 102 valence electrons. The van der Waals surface area contributed by atoms with Crippen molar-refractivity contribution in [2.75, 3.05) is 7.11 Å². The van der Waals surface area contributed by atoms with Gasteiger partial charge in [0.1, 0.15) is 5.75 Å². The van der Waals surface area contributed by atoms with Crippen LogP contribution in [0.15, 0.2) is 47.8 Å². The van der Waals surface area contributed by atoms with Crippen LogP contribution < -0.4 is 4.74 Å². The van der Waals surface area contributed by atoms with Crippen molar-refractivity contribution in [3.05, 3.63) is 63.8 Å². The Morgan fingerprint density at radius 1 is 1.05 bits per heavy atom. The van der Waals surface area contributed by atoms with Crippen LogP contribution in [0.2, 0.25) is 0 Å². The molecule has 0 radical (unpaired) electrons. The van der Waals surface area contributed by atoms with Crippen LogP contribution in [0.25, 0.3) is 10.8 Å². The quantitative estimate of drug-likeness (QED) is 0.552. The number of benzene rings is 2. The van der Waals surface area contributed by atoms with Gasteiger partial charge in [-0.2, -0.15) is 0 Å². The van der Waals surface area contributed by atoms with E-state index in [1.54, 1.807) is 18.4 Å². The summed E-state index contributed by atoms with van der Waals surface area (Å²) in [5.74, 6) is 0.898. The number of ether oxygens (including phenoxy) is 1. The molecule has 0 spiro atoms. The van der Waals surface area contributed by atoms with Crippen LogP contribution in [0, 0.1) is 6.92 Å². The maximum absolute atomic E-state index is 5.27. The second kappa shape index (κ2) is 5.58. The molecular formula is C17H15BrOS. The Morgan fingerprint density at radius 2 is 1.80 bits per heavy atom. The number of thiophene rings is 1. The fourth-order valence-electron chi connectivity index (χ4n) is 2.32. The average Bonchev–Trinajstić information content (AvgIpc) is 2.91. The molecule has 1 atom stereocenters. The molecule has 0 amide bonds. The molecule has 0 aliphatic heterocycles. The summed E-state index contributed by atoms with van der Waals surface area (Å²) in [4.78, 5) is 1.63. The lowest BCUT2D eigenvalue weighted by atomic mass is 10.0. The Balaban J connectivity index is 2.03. The lowest BCUT2D eigenvalue weighted by Gasteiger charge is -2.11. The van der Waals surface area contributed by atoms with Crippen LogP contribution >= 0.6 is 27.3 Å². The van der Waals surface area contributed by atoms with Crippen LogP contribution in [-0.4, -0.2) is 7.11 Å². The molecule has 0 saturated carbocycles. The zero-order valence-electron chi connectivity index (χ0n) is 11.4. The summed E-state index contributed by atoms with van der Waals surface area (Å²) in [5, 5.41) is 4.59. The van der Waals surface area contributed by atoms with Gasteiger partial charge in [0.2, 0.25) is 0 Å². The number of aryl methyl sites for hydroxylation is 1. The highest BCUT2D eigenvalue weighted by molar-refractivity contribution is 9.09. The minimum atomic E-state index is 0.258. The minimum absolute atomic E-state index is 0.258. The SMILES string of the molecule is COc1ccc2cc(C(Br)c3sccc3C)ccc2c1. The van der Waals surface area contributed by atoms with Gasteiger partial charge in [-0.05, 0) is 58.5 Å². The third-order valence-electron chi connectivity index (χ3n) is 3.50. The van der Waals surface area contributed by atoms with Crippen molar-refractivity contribution in [1.29, 1.82) is 0 Å². The van der Waals surface area contributed by atoms with E-state index in [1.807, 2.05) is 6.07 Å². The Kier molecular flexibility index (Phi) is 3.81. The van der Waals surface area contributed by atoms with Crippen molar-refractivity contribution < 1.29 is 4.74 Å². The third-order valence-corrected chi connectivity index (χ3v) is 5.87. The Morgan fingerprint density at radius 3 is 2.50 bits per heavy atom. The van der Waals surface area contributed by atoms with Gasteiger partial charge in [0.05, 0.1) is 11.9 Å². The maximum Gasteiger partial charge on any atom is 0.119 e. The van der Waals surface area contributed by atoms with Crippen molar-refractivity contribution in [3.63, 3.8) is 0 Å². The molecule has 20 heavy (non-hydrogen) atoms. The minimum Gasteiger partial charge on any atom is -0.497 e. The molecule has 1 heterocycles. The van der Waals surface area contributed by atoms with Crippen molar-refractivity contribution in [2.45, 2.75) is 11.8 Å². The number of alkyl halides is 1. The molecule has 2 aromatic carbocycles. The lowest BCUT2D eigenvalue weighted by molar-refractivity contribution is 0.415. The van der Waals surface area contributed by atoms with Gasteiger partial charge in [-0.15, -0.1) is 11.3 Å². The molecule has 0 N–H and O–H groups in total. The van der Waals surface area contributed by atoms with Gasteiger partial charge in [-0.3, -0.25) is 0 Å². The molecule has 0 fully saturated rings. The van der Waals surface area contributed by atoms with Gasteiger partial charge < -0.3 is 4.74 Å². The predicted octanol–water partition coefficient (Wildman–Crippen LogP) is 5.70. The number of hydrogen-bond acceptors (Lipinski definition) is 2. The molecular weight excluding hydrogens is 332 g/mol. The van der Waals surface area contributed by atoms with Gasteiger partial charge in [0.15, 0.2) is 0 Å². The van der Waals surface area contributed by atoms with Gasteiger partial charge in [-0.25, -0.2) is 0 Å². The molecule has 0 aliphatic rings. The van der Waals surface area contributed by atoms with Crippen molar-refractivity contribution >= 4 is 38.0 Å². The van der Waals surface area contributed by atoms with Crippen LogP contribution in [0.5, 0.6) is 5.75 Å². The predicted molar refractivity (Wildman–Crippen MR) is 90.3 cm³/mol. The lowest BCUT2D eigenvalue weighted by Crippen LogP contribution is -1.92. The summed E-state index contributed by atoms with van der Waals surface area (Å²) < 4.78 is 5.27. The molecule has 1 nitrogen and oxygen atoms in total. The number of methoxy groups -OCH3 is 1. The zero-order chi connectivity index (χ0) is 14.1. The van der Waals surface area contributed by atoms with Crippen LogP contribution in [0.3, 0.4) is 0 Å². The number of halogens is 1. The third kappa shape index (κ3) is 2.48. The smallest absolute Gasteiger partial charge is 0.119 e. The summed E-state index contributed by atoms with van der Waals surface area (Å²) in [7, 11) is 1.70. The fourth-order valence-corrected chi connectivity index (χ4v) is 4.22. The molecule has 0 bridgehead atoms. The summed E-state index contributed by atoms with van der Waals surface area (Å²) in [6.45, 7) is 2.16. The zero-order valence-corrected chi connectivity index (χ0v) is 13.8. The van der Waals surface area contributed by atoms with E-state index in [0.29, 0.717) is 0 Å². The van der Waals surface area contributed by atoms with Crippen LogP contribution in [0.4, 0.5) is 0 Å². The van der Waals surface area contributed by atoms with Gasteiger partial charge in [0, 0.05) is 4.88 Å². The highest BCUT2D eigenvalue weighted by Crippen LogP contribution is 2.37. The summed E-state index contributed by atoms with van der Waals surface area (Å²) >= 11 is 5.62. The van der Waals surface area contributed by atoms with E-state index in [1.165, 1.54) is 26.8 Å². The number of rotatable bonds is 3. The molecule has 3 rings (SSSR count). The first kappa shape index (κ1) is 13.7. The van der Waals surface area contributed by atoms with Crippen LogP contribution in [0.1, 0.15) is 20.8 Å². The van der Waals surface area contributed by atoms with E-state index in [9.17, 15) is 0 Å². The van der Waals surface area contributed by atoms with E-state index in [0.717, 1.165) is 5.75 Å². The topological polar surface area (TPSA) is 9.23 Å². The van der Waals surface area contributed by atoms with Gasteiger partial charge >= 0.3 is 0 Å². The van der Waals surface area contributed by atoms with Crippen molar-refractivity contribution in [2.24, 2.45) is 0 Å². The van der Waals surface area contributed by atoms with E-state index < -0.39 is 0 Å². The monoisotopic (exact) mass is 346 g/mol. The van der Waals surface area contributed by atoms with Crippen molar-refractivity contribution in [3.8, 4) is 5.75 Å². The van der Waals surface area contributed by atoms with E-state index in [2.05, 4.69) is 64.6 Å². The van der Waals surface area contributed by atoms with Crippen LogP contribution in [-0.2, 0) is 0 Å². The van der Waals surface area contributed by atoms with Crippen molar-refractivity contribution in [1.82, 2.24) is 0 Å². The highest BCUT2D eigenvalue weighted by Gasteiger charge is 2.14. The maximum atomic E-state index is 5.27. The molecule has 3 heteroatoms. The average molecular weight is 347 g/mol. The normalized spacial score (nSPS) is 12.6. The summed E-state index contributed by atoms with van der Waals surface area (Å²) in [6.07, 6.45) is 0. The first-order valence-electron chi connectivity index (χ1n) is 6.45. The molecule has 3 aromatic rings. The van der Waals surface area contributed by atoms with E-state index in [4.69, 9.17) is 4.74 Å². The highest BCUT2D eigenvalue weighted by atomic mass is 79.9. The first-order chi connectivity index (χ1) is 9.69. The molecule has 0 aliphatic carbocycles. The largest absolute Gasteiger partial charge is 0.497 e.